The van der Waals surface area contributed by atoms with E-state index in [1.54, 1.807) is 0 Å². The van der Waals surface area contributed by atoms with Gasteiger partial charge in [0.15, 0.2) is 0 Å². The lowest BCUT2D eigenvalue weighted by Crippen LogP contribution is -2.40. The maximum atomic E-state index is 12.7. The Kier molecular flexibility index (Phi) is 5.21. The maximum absolute atomic E-state index is 12.7. The van der Waals surface area contributed by atoms with Crippen LogP contribution in [0.15, 0.2) is 54.6 Å². The lowest BCUT2D eigenvalue weighted by atomic mass is 10.1. The minimum atomic E-state index is -0.0780. The molecule has 1 N–H and O–H groups in total. The van der Waals surface area contributed by atoms with Gasteiger partial charge in [0.1, 0.15) is 0 Å². The largest absolute Gasteiger partial charge is 0.370 e. The summed E-state index contributed by atoms with van der Waals surface area (Å²) in [5.74, 6) is -0.0780. The Balaban J connectivity index is 1.71. The number of fused-ring (bicyclic) bond motifs is 1. The molecule has 0 fully saturated rings. The van der Waals surface area contributed by atoms with E-state index in [4.69, 9.17) is 0 Å². The highest BCUT2D eigenvalue weighted by Crippen LogP contribution is 2.18. The van der Waals surface area contributed by atoms with E-state index in [0.29, 0.717) is 12.1 Å². The van der Waals surface area contributed by atoms with Gasteiger partial charge in [-0.25, -0.2) is 0 Å². The molecule has 1 heterocycles. The maximum Gasteiger partial charge on any atom is 0.253 e. The van der Waals surface area contributed by atoms with Crippen LogP contribution >= 0.6 is 0 Å². The fourth-order valence-corrected chi connectivity index (χ4v) is 2.99. The first kappa shape index (κ1) is 17.9. The van der Waals surface area contributed by atoms with E-state index in [9.17, 15) is 4.79 Å². The van der Waals surface area contributed by atoms with E-state index < -0.39 is 0 Å². The number of anilines is 1. The Hall–Kier alpha value is -2.88. The average molecular weight is 347 g/mol. The van der Waals surface area contributed by atoms with Crippen molar-refractivity contribution in [3.8, 4) is 0 Å². The van der Waals surface area contributed by atoms with E-state index >= 15 is 0 Å². The number of aryl methyl sites for hydroxylation is 2. The Morgan fingerprint density at radius 3 is 2.58 bits per heavy atom. The highest BCUT2D eigenvalue weighted by atomic mass is 16.1. The first-order valence-electron chi connectivity index (χ1n) is 8.90. The van der Waals surface area contributed by atoms with E-state index in [2.05, 4.69) is 34.3 Å². The van der Waals surface area contributed by atoms with Gasteiger partial charge in [-0.05, 0) is 50.6 Å². The molecule has 134 valence electrons. The second kappa shape index (κ2) is 7.56. The molecule has 0 spiro atoms. The molecule has 0 aliphatic heterocycles. The first-order chi connectivity index (χ1) is 12.5. The Labute approximate surface area is 154 Å². The lowest BCUT2D eigenvalue weighted by molar-refractivity contribution is 0.0951. The molecule has 4 heteroatoms. The van der Waals surface area contributed by atoms with Crippen LogP contribution in [0.3, 0.4) is 0 Å². The fourth-order valence-electron chi connectivity index (χ4n) is 2.99. The zero-order valence-electron chi connectivity index (χ0n) is 15.8. The van der Waals surface area contributed by atoms with Gasteiger partial charge in [-0.15, -0.1) is 0 Å². The molecule has 0 saturated carbocycles. The molecule has 2 aromatic carbocycles. The first-order valence-corrected chi connectivity index (χ1v) is 8.90. The molecule has 3 rings (SSSR count). The van der Waals surface area contributed by atoms with Gasteiger partial charge >= 0.3 is 0 Å². The topological polar surface area (TPSA) is 45.2 Å². The van der Waals surface area contributed by atoms with Crippen molar-refractivity contribution in [1.29, 1.82) is 0 Å². The van der Waals surface area contributed by atoms with Crippen molar-refractivity contribution in [3.63, 3.8) is 0 Å². The van der Waals surface area contributed by atoms with Crippen LogP contribution in [0, 0.1) is 13.8 Å². The molecule has 1 amide bonds. The van der Waals surface area contributed by atoms with E-state index in [-0.39, 0.29) is 11.9 Å². The van der Waals surface area contributed by atoms with Crippen molar-refractivity contribution in [3.05, 3.63) is 71.4 Å². The van der Waals surface area contributed by atoms with Crippen LogP contribution in [0.5, 0.6) is 0 Å². The fraction of sp³-hybridized carbons (Fsp3) is 0.273. The van der Waals surface area contributed by atoms with Gasteiger partial charge in [0, 0.05) is 30.7 Å². The minimum absolute atomic E-state index is 0.0780. The van der Waals surface area contributed by atoms with Gasteiger partial charge in [0.25, 0.3) is 5.91 Å². The summed E-state index contributed by atoms with van der Waals surface area (Å²) in [6.45, 7) is 6.59. The summed E-state index contributed by atoms with van der Waals surface area (Å²) in [6, 6.07) is 18.4. The van der Waals surface area contributed by atoms with Gasteiger partial charge in [-0.3, -0.25) is 9.78 Å². The molecule has 0 saturated heterocycles. The van der Waals surface area contributed by atoms with Crippen molar-refractivity contribution in [2.45, 2.75) is 26.8 Å². The third-order valence-corrected chi connectivity index (χ3v) is 4.79. The van der Waals surface area contributed by atoms with Crippen LogP contribution in [0.1, 0.15) is 28.5 Å². The zero-order valence-corrected chi connectivity index (χ0v) is 15.8. The van der Waals surface area contributed by atoms with Gasteiger partial charge in [0.2, 0.25) is 0 Å². The predicted molar refractivity (Wildman–Crippen MR) is 108 cm³/mol. The van der Waals surface area contributed by atoms with Crippen LogP contribution in [0.2, 0.25) is 0 Å². The smallest absolute Gasteiger partial charge is 0.253 e. The van der Waals surface area contributed by atoms with Gasteiger partial charge in [-0.2, -0.15) is 0 Å². The highest BCUT2D eigenvalue weighted by molar-refractivity contribution is 5.98. The van der Waals surface area contributed by atoms with Gasteiger partial charge < -0.3 is 10.2 Å². The molecule has 0 radical (unpaired) electrons. The van der Waals surface area contributed by atoms with E-state index in [1.807, 2.05) is 63.4 Å². The second-order valence-corrected chi connectivity index (χ2v) is 6.82. The number of amides is 1. The second-order valence-electron chi connectivity index (χ2n) is 6.82. The third-order valence-electron chi connectivity index (χ3n) is 4.79. The zero-order chi connectivity index (χ0) is 18.7. The number of rotatable bonds is 5. The molecular formula is C22H25N3O. The number of carbonyl (C=O) groups excluding carboxylic acids is 1. The molecule has 0 aliphatic carbocycles. The number of nitrogens with zero attached hydrogens (tertiary/aromatic N) is 2. The Morgan fingerprint density at radius 1 is 1.12 bits per heavy atom. The Morgan fingerprint density at radius 2 is 1.85 bits per heavy atom. The Bertz CT molecular complexity index is 921. The number of para-hydroxylation sites is 1. The van der Waals surface area contributed by atoms with E-state index in [0.717, 1.165) is 22.3 Å². The molecule has 26 heavy (non-hydrogen) atoms. The molecular weight excluding hydrogens is 322 g/mol. The summed E-state index contributed by atoms with van der Waals surface area (Å²) in [4.78, 5) is 19.4. The number of nitrogens with one attached hydrogen (secondary N) is 1. The summed E-state index contributed by atoms with van der Waals surface area (Å²) in [7, 11) is 2.04. The van der Waals surface area contributed by atoms with Crippen molar-refractivity contribution >= 4 is 22.5 Å². The molecule has 0 unspecified atom stereocenters. The van der Waals surface area contributed by atoms with Gasteiger partial charge in [0.05, 0.1) is 16.8 Å². The number of carbonyl (C=O) groups is 1. The summed E-state index contributed by atoms with van der Waals surface area (Å²) in [5.41, 5.74) is 4.62. The number of pyridine rings is 1. The molecule has 0 bridgehead atoms. The van der Waals surface area contributed by atoms with E-state index in [1.165, 1.54) is 5.56 Å². The van der Waals surface area contributed by atoms with Crippen LogP contribution < -0.4 is 10.2 Å². The van der Waals surface area contributed by atoms with Crippen molar-refractivity contribution in [2.75, 3.05) is 18.5 Å². The number of hydrogen-bond donors (Lipinski definition) is 1. The van der Waals surface area contributed by atoms with Crippen LogP contribution in [0.4, 0.5) is 5.69 Å². The highest BCUT2D eigenvalue weighted by Gasteiger charge is 2.15. The molecule has 3 aromatic rings. The molecule has 4 nitrogen and oxygen atoms in total. The monoisotopic (exact) mass is 347 g/mol. The van der Waals surface area contributed by atoms with Crippen LogP contribution in [-0.4, -0.2) is 30.5 Å². The number of aromatic nitrogens is 1. The number of benzene rings is 2. The van der Waals surface area contributed by atoms with Crippen molar-refractivity contribution < 1.29 is 4.79 Å². The quantitative estimate of drug-likeness (QED) is 0.755. The standard InChI is InChI=1S/C22H25N3O/c1-15-10-11-18-13-20(17(3)24-21(18)12-15)22(26)23-14-16(2)25(4)19-8-6-5-7-9-19/h5-13,16H,14H2,1-4H3,(H,23,26)/t16-/m1/s1. The average Bonchev–Trinajstić information content (AvgIpc) is 2.65. The molecule has 1 atom stereocenters. The molecule has 1 aromatic heterocycles. The lowest BCUT2D eigenvalue weighted by Gasteiger charge is -2.27. The normalized spacial score (nSPS) is 12.0. The summed E-state index contributed by atoms with van der Waals surface area (Å²) >= 11 is 0. The molecule has 0 aliphatic rings. The van der Waals surface area contributed by atoms with Crippen LogP contribution in [0.25, 0.3) is 10.9 Å². The number of hydrogen-bond acceptors (Lipinski definition) is 3. The summed E-state index contributed by atoms with van der Waals surface area (Å²) in [6.07, 6.45) is 0. The minimum Gasteiger partial charge on any atom is -0.370 e. The third kappa shape index (κ3) is 3.85. The SMILES string of the molecule is Cc1ccc2cc(C(=O)NC[C@@H](C)N(C)c3ccccc3)c(C)nc2c1. The predicted octanol–water partition coefficient (Wildman–Crippen LogP) is 4.11. The number of likely N-dealkylation sites (N-methyl/N-ethyl adjacent to an activating group) is 1. The van der Waals surface area contributed by atoms with Crippen LogP contribution in [-0.2, 0) is 0 Å². The summed E-state index contributed by atoms with van der Waals surface area (Å²) in [5, 5.41) is 4.03. The van der Waals surface area contributed by atoms with Crippen molar-refractivity contribution in [2.24, 2.45) is 0 Å². The van der Waals surface area contributed by atoms with Gasteiger partial charge in [-0.1, -0.05) is 30.3 Å². The summed E-state index contributed by atoms with van der Waals surface area (Å²) < 4.78 is 0. The van der Waals surface area contributed by atoms with Crippen molar-refractivity contribution in [1.82, 2.24) is 10.3 Å².